The molecule has 1 amide bonds. The average Bonchev–Trinajstić information content (AvgIpc) is 2.51. The van der Waals surface area contributed by atoms with Crippen molar-refractivity contribution in [2.75, 3.05) is 6.61 Å². The van der Waals surface area contributed by atoms with E-state index in [0.717, 1.165) is 23.1 Å². The van der Waals surface area contributed by atoms with Gasteiger partial charge in [0.15, 0.2) is 0 Å². The zero-order valence-corrected chi connectivity index (χ0v) is 13.1. The van der Waals surface area contributed by atoms with Crippen molar-refractivity contribution < 1.29 is 9.53 Å². The Morgan fingerprint density at radius 1 is 1.27 bits per heavy atom. The van der Waals surface area contributed by atoms with Crippen LogP contribution in [0, 0.1) is 6.92 Å². The molecule has 2 rings (SSSR count). The summed E-state index contributed by atoms with van der Waals surface area (Å²) in [5.74, 6) is 0.594. The van der Waals surface area contributed by atoms with Crippen LogP contribution >= 0.6 is 0 Å². The lowest BCUT2D eigenvalue weighted by Crippen LogP contribution is -2.25. The summed E-state index contributed by atoms with van der Waals surface area (Å²) in [7, 11) is 0. The molecule has 0 aliphatic rings. The van der Waals surface area contributed by atoms with E-state index in [1.165, 1.54) is 0 Å². The smallest absolute Gasteiger partial charge is 0.224 e. The molecule has 1 aromatic carbocycles. The Kier molecular flexibility index (Phi) is 5.95. The first-order valence-electron chi connectivity index (χ1n) is 7.58. The fraction of sp³-hybridized carbons (Fsp3) is 0.333. The van der Waals surface area contributed by atoms with E-state index in [2.05, 4.69) is 10.3 Å². The molecule has 0 saturated heterocycles. The van der Waals surface area contributed by atoms with Crippen LogP contribution in [-0.2, 0) is 17.8 Å². The van der Waals surface area contributed by atoms with Gasteiger partial charge in [0.25, 0.3) is 0 Å². The number of rotatable bonds is 7. The van der Waals surface area contributed by atoms with Gasteiger partial charge in [-0.25, -0.2) is 4.98 Å². The number of ether oxygens (including phenoxy) is 1. The molecule has 1 N–H and O–H groups in total. The Labute approximate surface area is 131 Å². The summed E-state index contributed by atoms with van der Waals surface area (Å²) < 4.78 is 5.59. The van der Waals surface area contributed by atoms with Crippen LogP contribution in [0.15, 0.2) is 42.6 Å². The van der Waals surface area contributed by atoms with Gasteiger partial charge in [0, 0.05) is 18.3 Å². The Bertz CT molecular complexity index is 626. The molecular formula is C18H22N2O2. The zero-order chi connectivity index (χ0) is 15.8. The molecule has 0 aliphatic carbocycles. The number of nitrogens with one attached hydrogen (secondary N) is 1. The first-order chi connectivity index (χ1) is 10.7. The molecule has 22 heavy (non-hydrogen) atoms. The number of pyridine rings is 1. The van der Waals surface area contributed by atoms with Crippen molar-refractivity contribution in [3.63, 3.8) is 0 Å². The van der Waals surface area contributed by atoms with Crippen molar-refractivity contribution in [1.29, 1.82) is 0 Å². The first-order valence-corrected chi connectivity index (χ1v) is 7.58. The van der Waals surface area contributed by atoms with Gasteiger partial charge in [-0.1, -0.05) is 42.8 Å². The first kappa shape index (κ1) is 16.0. The molecule has 0 saturated carbocycles. The Balaban J connectivity index is 1.91. The highest BCUT2D eigenvalue weighted by Crippen LogP contribution is 2.14. The topological polar surface area (TPSA) is 51.2 Å². The number of nitrogens with zero attached hydrogens (tertiary/aromatic N) is 1. The van der Waals surface area contributed by atoms with Crippen LogP contribution in [0.25, 0.3) is 0 Å². The molecule has 116 valence electrons. The number of hydrogen-bond donors (Lipinski definition) is 1. The van der Waals surface area contributed by atoms with Crippen molar-refractivity contribution in [2.24, 2.45) is 0 Å². The van der Waals surface area contributed by atoms with Crippen LogP contribution in [0.1, 0.15) is 30.0 Å². The lowest BCUT2D eigenvalue weighted by atomic mass is 10.1. The molecule has 0 spiro atoms. The van der Waals surface area contributed by atoms with Crippen molar-refractivity contribution in [1.82, 2.24) is 10.3 Å². The molecule has 0 atom stereocenters. The summed E-state index contributed by atoms with van der Waals surface area (Å²) in [6, 6.07) is 11.8. The van der Waals surface area contributed by atoms with Gasteiger partial charge in [0.1, 0.15) is 0 Å². The van der Waals surface area contributed by atoms with Gasteiger partial charge in [-0.2, -0.15) is 0 Å². The van der Waals surface area contributed by atoms with E-state index >= 15 is 0 Å². The SMILES string of the molecule is CCCOc1ncccc1CNC(=O)Cc1cccc(C)c1. The third-order valence-electron chi connectivity index (χ3n) is 3.22. The number of aryl methyl sites for hydroxylation is 1. The maximum atomic E-state index is 12.1. The largest absolute Gasteiger partial charge is 0.477 e. The molecule has 1 aromatic heterocycles. The van der Waals surface area contributed by atoms with E-state index in [9.17, 15) is 4.79 Å². The lowest BCUT2D eigenvalue weighted by molar-refractivity contribution is -0.120. The number of amides is 1. The lowest BCUT2D eigenvalue weighted by Gasteiger charge is -2.10. The van der Waals surface area contributed by atoms with E-state index in [1.807, 2.05) is 50.2 Å². The number of carbonyl (C=O) groups excluding carboxylic acids is 1. The highest BCUT2D eigenvalue weighted by Gasteiger charge is 2.07. The quantitative estimate of drug-likeness (QED) is 0.855. The molecule has 0 bridgehead atoms. The monoisotopic (exact) mass is 298 g/mol. The number of benzene rings is 1. The van der Waals surface area contributed by atoms with Gasteiger partial charge in [0.2, 0.25) is 11.8 Å². The molecule has 1 heterocycles. The second kappa shape index (κ2) is 8.17. The van der Waals surface area contributed by atoms with Gasteiger partial charge in [0.05, 0.1) is 13.0 Å². The van der Waals surface area contributed by atoms with E-state index in [4.69, 9.17) is 4.74 Å². The third-order valence-corrected chi connectivity index (χ3v) is 3.22. The Morgan fingerprint density at radius 2 is 2.14 bits per heavy atom. The zero-order valence-electron chi connectivity index (χ0n) is 13.1. The van der Waals surface area contributed by atoms with Crippen molar-refractivity contribution in [3.8, 4) is 5.88 Å². The van der Waals surface area contributed by atoms with Crippen molar-refractivity contribution in [3.05, 3.63) is 59.3 Å². The summed E-state index contributed by atoms with van der Waals surface area (Å²) in [4.78, 5) is 16.3. The van der Waals surface area contributed by atoms with Crippen molar-refractivity contribution >= 4 is 5.91 Å². The summed E-state index contributed by atoms with van der Waals surface area (Å²) in [6.07, 6.45) is 3.01. The van der Waals surface area contributed by atoms with Gasteiger partial charge in [-0.15, -0.1) is 0 Å². The predicted molar refractivity (Wildman–Crippen MR) is 86.8 cm³/mol. The standard InChI is InChI=1S/C18H22N2O2/c1-3-10-22-18-16(8-5-9-19-18)13-20-17(21)12-15-7-4-6-14(2)11-15/h4-9,11H,3,10,12-13H2,1-2H3,(H,20,21). The second-order valence-electron chi connectivity index (χ2n) is 5.26. The van der Waals surface area contributed by atoms with Gasteiger partial charge in [-0.3, -0.25) is 4.79 Å². The molecule has 2 aromatic rings. The van der Waals surface area contributed by atoms with Crippen LogP contribution in [0.2, 0.25) is 0 Å². The minimum absolute atomic E-state index is 0.00380. The van der Waals surface area contributed by atoms with Crippen LogP contribution in [0.3, 0.4) is 0 Å². The highest BCUT2D eigenvalue weighted by molar-refractivity contribution is 5.78. The van der Waals surface area contributed by atoms with Crippen LogP contribution < -0.4 is 10.1 Å². The maximum Gasteiger partial charge on any atom is 0.224 e. The Morgan fingerprint density at radius 3 is 2.91 bits per heavy atom. The maximum absolute atomic E-state index is 12.1. The number of aromatic nitrogens is 1. The normalized spacial score (nSPS) is 10.3. The highest BCUT2D eigenvalue weighted by atomic mass is 16.5. The summed E-state index contributed by atoms with van der Waals surface area (Å²) >= 11 is 0. The number of hydrogen-bond acceptors (Lipinski definition) is 3. The Hall–Kier alpha value is -2.36. The van der Waals surface area contributed by atoms with Gasteiger partial charge >= 0.3 is 0 Å². The minimum Gasteiger partial charge on any atom is -0.477 e. The van der Waals surface area contributed by atoms with Gasteiger partial charge < -0.3 is 10.1 Å². The molecule has 4 heteroatoms. The van der Waals surface area contributed by atoms with Crippen molar-refractivity contribution in [2.45, 2.75) is 33.2 Å². The predicted octanol–water partition coefficient (Wildman–Crippen LogP) is 3.04. The second-order valence-corrected chi connectivity index (χ2v) is 5.26. The minimum atomic E-state index is -0.00380. The fourth-order valence-corrected chi connectivity index (χ4v) is 2.15. The van der Waals surface area contributed by atoms with Crippen LogP contribution in [-0.4, -0.2) is 17.5 Å². The van der Waals surface area contributed by atoms with E-state index < -0.39 is 0 Å². The van der Waals surface area contributed by atoms with E-state index in [-0.39, 0.29) is 5.91 Å². The molecule has 0 unspecified atom stereocenters. The number of carbonyl (C=O) groups is 1. The summed E-state index contributed by atoms with van der Waals surface area (Å²) in [5, 5.41) is 2.92. The molecule has 0 aliphatic heterocycles. The molecule has 0 radical (unpaired) electrons. The third kappa shape index (κ3) is 4.88. The summed E-state index contributed by atoms with van der Waals surface area (Å²) in [5.41, 5.74) is 3.08. The molecule has 4 nitrogen and oxygen atoms in total. The van der Waals surface area contributed by atoms with Crippen LogP contribution in [0.4, 0.5) is 0 Å². The molecular weight excluding hydrogens is 276 g/mol. The fourth-order valence-electron chi connectivity index (χ4n) is 2.15. The van der Waals surface area contributed by atoms with E-state index in [0.29, 0.717) is 25.5 Å². The average molecular weight is 298 g/mol. The van der Waals surface area contributed by atoms with Crippen LogP contribution in [0.5, 0.6) is 5.88 Å². The van der Waals surface area contributed by atoms with E-state index in [1.54, 1.807) is 6.20 Å². The summed E-state index contributed by atoms with van der Waals surface area (Å²) in [6.45, 7) is 5.12. The molecule has 0 fully saturated rings. The van der Waals surface area contributed by atoms with Gasteiger partial charge in [-0.05, 0) is 25.0 Å².